The number of nitrogens with zero attached hydrogens (tertiary/aromatic N) is 4. The van der Waals surface area contributed by atoms with Gasteiger partial charge in [-0.2, -0.15) is 18.5 Å². The molecule has 2 saturated heterocycles. The number of β-lactam (4-membered cyclic amide) rings is 1. The van der Waals surface area contributed by atoms with Crippen molar-refractivity contribution in [3.63, 3.8) is 0 Å². The quantitative estimate of drug-likeness (QED) is 0.0933. The number of oxime groups is 1. The molecule has 3 rings (SSSR count). The predicted molar refractivity (Wildman–Crippen MR) is 112 cm³/mol. The molecule has 3 atom stereocenters. The molecule has 3 heterocycles. The predicted octanol–water partition coefficient (Wildman–Crippen LogP) is -1.85. The Bertz CT molecular complexity index is 1170. The Kier molecular flexibility index (Phi) is 7.50. The van der Waals surface area contributed by atoms with E-state index in [0.717, 1.165) is 11.3 Å². The van der Waals surface area contributed by atoms with Crippen LogP contribution >= 0.6 is 22.9 Å². The zero-order valence-corrected chi connectivity index (χ0v) is 19.5. The Hall–Kier alpha value is -2.74. The summed E-state index contributed by atoms with van der Waals surface area (Å²) in [7, 11) is -4.96. The number of carbonyl (C=O) groups is 4. The van der Waals surface area contributed by atoms with Crippen LogP contribution in [0.2, 0.25) is 4.34 Å². The average Bonchev–Trinajstić information content (AvgIpc) is 3.07. The van der Waals surface area contributed by atoms with Crippen molar-refractivity contribution in [2.75, 3.05) is 18.9 Å². The second-order valence-corrected chi connectivity index (χ2v) is 9.71. The summed E-state index contributed by atoms with van der Waals surface area (Å²) in [6.45, 7) is 0.399. The Morgan fingerprint density at radius 3 is 2.62 bits per heavy atom. The van der Waals surface area contributed by atoms with Crippen molar-refractivity contribution >= 4 is 67.6 Å². The number of rotatable bonds is 8. The number of piperidine rings is 1. The van der Waals surface area contributed by atoms with Crippen molar-refractivity contribution in [2.24, 2.45) is 5.16 Å². The van der Waals surface area contributed by atoms with E-state index in [0.29, 0.717) is 10.1 Å². The number of Topliss-reactive ketones (excluding diaryl/α,β-unsaturated/α-hetero) is 2. The van der Waals surface area contributed by atoms with Crippen molar-refractivity contribution in [3.05, 3.63) is 10.0 Å². The number of nitrogens with two attached hydrogens (primary N) is 1. The zero-order valence-electron chi connectivity index (χ0n) is 17.1. The fraction of sp³-hybridized carbons (Fsp3) is 0.467. The van der Waals surface area contributed by atoms with Gasteiger partial charge in [-0.05, 0) is 6.92 Å². The summed E-state index contributed by atoms with van der Waals surface area (Å²) >= 11 is 6.87. The number of thiazole rings is 1. The van der Waals surface area contributed by atoms with Crippen LogP contribution in [0.25, 0.3) is 0 Å². The van der Waals surface area contributed by atoms with E-state index in [2.05, 4.69) is 19.7 Å². The van der Waals surface area contributed by atoms with Crippen LogP contribution in [0, 0.1) is 0 Å². The second-order valence-electron chi connectivity index (χ2n) is 7.07. The summed E-state index contributed by atoms with van der Waals surface area (Å²) in [5.74, 6) is -3.47. The van der Waals surface area contributed by atoms with E-state index in [1.807, 2.05) is 0 Å². The molecule has 2 amide bonds. The van der Waals surface area contributed by atoms with Crippen LogP contribution in [0.5, 0.6) is 0 Å². The minimum absolute atomic E-state index is 0.0146. The second kappa shape index (κ2) is 9.86. The summed E-state index contributed by atoms with van der Waals surface area (Å²) in [6, 6.07) is -3.18. The number of nitrogens with one attached hydrogen (secondary N) is 1. The molecule has 0 saturated carbocycles. The lowest BCUT2D eigenvalue weighted by Crippen LogP contribution is -2.70. The van der Waals surface area contributed by atoms with E-state index in [1.165, 1.54) is 6.92 Å². The van der Waals surface area contributed by atoms with Crippen LogP contribution in [-0.2, 0) is 38.7 Å². The number of hydrogen-bond donors (Lipinski definition) is 4. The van der Waals surface area contributed by atoms with Gasteiger partial charge in [-0.15, -0.1) is 4.28 Å². The normalized spacial score (nSPS) is 24.2. The minimum Gasteiger partial charge on any atom is -0.393 e. The number of carbonyl (C=O) groups excluding carboxylic acids is 4. The van der Waals surface area contributed by atoms with Crippen molar-refractivity contribution in [1.82, 2.24) is 20.4 Å². The molecule has 0 bridgehead atoms. The number of amides is 2. The van der Waals surface area contributed by atoms with Crippen LogP contribution in [0.4, 0.5) is 5.13 Å². The fourth-order valence-electron chi connectivity index (χ4n) is 2.98. The maximum atomic E-state index is 12.8. The number of hydroxylamine groups is 4. The zero-order chi connectivity index (χ0) is 25.4. The van der Waals surface area contributed by atoms with Gasteiger partial charge >= 0.3 is 10.4 Å². The van der Waals surface area contributed by atoms with E-state index in [9.17, 15) is 32.8 Å². The summed E-state index contributed by atoms with van der Waals surface area (Å²) in [4.78, 5) is 56.9. The summed E-state index contributed by atoms with van der Waals surface area (Å²) < 4.78 is 34.4. The summed E-state index contributed by atoms with van der Waals surface area (Å²) in [5, 5.41) is 16.7. The number of halogens is 1. The fourth-order valence-corrected chi connectivity index (χ4v) is 4.32. The van der Waals surface area contributed by atoms with Crippen molar-refractivity contribution in [2.45, 2.75) is 31.5 Å². The van der Waals surface area contributed by atoms with Gasteiger partial charge in [-0.25, -0.2) is 4.98 Å². The van der Waals surface area contributed by atoms with Gasteiger partial charge in [0.1, 0.15) is 22.7 Å². The van der Waals surface area contributed by atoms with E-state index >= 15 is 0 Å². The smallest absolute Gasteiger partial charge is 0.393 e. The molecular formula is C15H17ClN6O10S2. The van der Waals surface area contributed by atoms with Gasteiger partial charge in [0.25, 0.3) is 11.8 Å². The molecule has 0 aromatic carbocycles. The number of aromatic nitrogens is 1. The lowest BCUT2D eigenvalue weighted by Gasteiger charge is -2.42. The van der Waals surface area contributed by atoms with Gasteiger partial charge in [0.15, 0.2) is 10.8 Å². The number of anilines is 1. The van der Waals surface area contributed by atoms with E-state index in [1.54, 1.807) is 0 Å². The molecule has 2 aliphatic rings. The highest BCUT2D eigenvalue weighted by Crippen LogP contribution is 2.27. The molecule has 186 valence electrons. The van der Waals surface area contributed by atoms with E-state index in [-0.39, 0.29) is 21.6 Å². The lowest BCUT2D eigenvalue weighted by molar-refractivity contribution is -0.196. The molecule has 2 aliphatic heterocycles. The van der Waals surface area contributed by atoms with Gasteiger partial charge in [0.05, 0.1) is 18.6 Å². The first-order chi connectivity index (χ1) is 15.8. The molecule has 1 aromatic heterocycles. The minimum atomic E-state index is -4.96. The molecule has 5 N–H and O–H groups in total. The summed E-state index contributed by atoms with van der Waals surface area (Å²) in [5.41, 5.74) is 4.89. The highest BCUT2D eigenvalue weighted by molar-refractivity contribution is 7.80. The molecule has 34 heavy (non-hydrogen) atoms. The van der Waals surface area contributed by atoms with E-state index < -0.39 is 70.8 Å². The first-order valence-corrected chi connectivity index (χ1v) is 11.8. The first kappa shape index (κ1) is 25.9. The monoisotopic (exact) mass is 540 g/mol. The highest BCUT2D eigenvalue weighted by Gasteiger charge is 2.49. The molecule has 0 spiro atoms. The Labute approximate surface area is 200 Å². The largest absolute Gasteiger partial charge is 0.418 e. The Balaban J connectivity index is 1.74. The molecular weight excluding hydrogens is 524 g/mol. The Morgan fingerprint density at radius 1 is 1.38 bits per heavy atom. The average molecular weight is 541 g/mol. The molecule has 2 fully saturated rings. The standard InChI is InChI=1S/C15H17ClN6O10S2/c1-5-9(14(26)22(5)32-34(28,29)30)18-13(25)11(10-12(16)33-15(17)19-10)20-31-4-6-2-7(23)8(24)3-21(6)27/h5-6,9,27H,2-4H2,1H3,(H2,17,19)(H,18,25)(H,28,29,30)/t5-,6?,9-/m0/s1. The Morgan fingerprint density at radius 2 is 2.06 bits per heavy atom. The maximum Gasteiger partial charge on any atom is 0.418 e. The molecule has 16 nitrogen and oxygen atoms in total. The van der Waals surface area contributed by atoms with Gasteiger partial charge in [0, 0.05) is 6.42 Å². The van der Waals surface area contributed by atoms with Crippen molar-refractivity contribution in [3.8, 4) is 0 Å². The lowest BCUT2D eigenvalue weighted by atomic mass is 10.00. The van der Waals surface area contributed by atoms with Crippen LogP contribution in [0.1, 0.15) is 19.0 Å². The van der Waals surface area contributed by atoms with Crippen LogP contribution < -0.4 is 11.1 Å². The topological polar surface area (TPSA) is 231 Å². The van der Waals surface area contributed by atoms with Crippen molar-refractivity contribution < 1.29 is 46.5 Å². The number of nitrogen functional groups attached to an aromatic ring is 1. The first-order valence-electron chi connectivity index (χ1n) is 9.23. The number of ketones is 2. The highest BCUT2D eigenvalue weighted by atomic mass is 35.5. The SMILES string of the molecule is C[C@H]1[C@H](NC(=O)C(=NOCC2CC(=O)C(=O)CN2O)c2nc(N)sc2Cl)C(=O)N1OS(=O)(=O)O. The summed E-state index contributed by atoms with van der Waals surface area (Å²) in [6.07, 6.45) is -0.339. The van der Waals surface area contributed by atoms with Crippen LogP contribution in [0.15, 0.2) is 5.16 Å². The maximum absolute atomic E-state index is 12.8. The number of hydrogen-bond acceptors (Lipinski definition) is 14. The van der Waals surface area contributed by atoms with Crippen molar-refractivity contribution in [1.29, 1.82) is 0 Å². The molecule has 0 radical (unpaired) electrons. The molecule has 19 heteroatoms. The third-order valence-electron chi connectivity index (χ3n) is 4.72. The molecule has 1 aromatic rings. The van der Waals surface area contributed by atoms with Crippen LogP contribution in [0.3, 0.4) is 0 Å². The molecule has 1 unspecified atom stereocenters. The van der Waals surface area contributed by atoms with Gasteiger partial charge in [0.2, 0.25) is 11.6 Å². The van der Waals surface area contributed by atoms with Crippen LogP contribution in [-0.4, -0.2) is 93.7 Å². The third-order valence-corrected chi connectivity index (χ3v) is 6.15. The molecule has 0 aliphatic carbocycles. The van der Waals surface area contributed by atoms with Gasteiger partial charge in [-0.1, -0.05) is 28.1 Å². The van der Waals surface area contributed by atoms with Gasteiger partial charge in [-0.3, -0.25) is 23.7 Å². The van der Waals surface area contributed by atoms with Gasteiger partial charge < -0.3 is 21.1 Å². The third kappa shape index (κ3) is 5.66. The van der Waals surface area contributed by atoms with E-state index in [4.69, 9.17) is 26.7 Å².